The van der Waals surface area contributed by atoms with Gasteiger partial charge in [0.2, 0.25) is 13.6 Å². The molecule has 0 aromatic heterocycles. The van der Waals surface area contributed by atoms with Crippen molar-refractivity contribution in [2.75, 3.05) is 20.7 Å². The van der Waals surface area contributed by atoms with Crippen LogP contribution in [0.25, 0.3) is 12.2 Å². The summed E-state index contributed by atoms with van der Waals surface area (Å²) in [6, 6.07) is 8.44. The number of benzene rings is 2. The van der Waals surface area contributed by atoms with Gasteiger partial charge in [-0.05, 0) is 70.1 Å². The Kier molecular flexibility index (Phi) is 5.53. The molecule has 2 aliphatic heterocycles. The van der Waals surface area contributed by atoms with Crippen LogP contribution in [0.1, 0.15) is 11.1 Å². The number of esters is 1. The van der Waals surface area contributed by atoms with Crippen molar-refractivity contribution in [3.63, 3.8) is 0 Å². The lowest BCUT2D eigenvalue weighted by atomic mass is 10.00. The summed E-state index contributed by atoms with van der Waals surface area (Å²) in [5, 5.41) is 9.85. The Hall–Kier alpha value is -3.21. The van der Waals surface area contributed by atoms with Crippen LogP contribution < -0.4 is 18.9 Å². The normalized spacial score (nSPS) is 14.6. The summed E-state index contributed by atoms with van der Waals surface area (Å²) in [7, 11) is 1.19. The van der Waals surface area contributed by atoms with E-state index in [4.69, 9.17) is 23.7 Å². The number of rotatable bonds is 5. The summed E-state index contributed by atoms with van der Waals surface area (Å²) < 4.78 is 26.9. The molecule has 0 radical (unpaired) electrons. The molecule has 2 heterocycles. The Balaban J connectivity index is 1.81. The standard InChI is InChI=1S/C21H15IO8/c1-26-21(25)14(6-11-2-4-15-17(7-11)29-9-27-15)13(20(23)24)8-12-3-5-16-19(18(12)22)30-10-28-16/h2-8H,9-10H2,1H3,(H,23,24)/b13-8+,14-6+. The molecule has 0 fully saturated rings. The maximum atomic E-state index is 12.5. The lowest BCUT2D eigenvalue weighted by molar-refractivity contribution is -0.138. The van der Waals surface area contributed by atoms with E-state index in [-0.39, 0.29) is 24.7 Å². The van der Waals surface area contributed by atoms with Crippen LogP contribution in [0.3, 0.4) is 0 Å². The first-order valence-corrected chi connectivity index (χ1v) is 9.79. The number of hydrogen-bond donors (Lipinski definition) is 1. The summed E-state index contributed by atoms with van der Waals surface area (Å²) in [5.74, 6) is 0.152. The molecule has 0 amide bonds. The van der Waals surface area contributed by atoms with Gasteiger partial charge in [0.25, 0.3) is 0 Å². The molecule has 8 nitrogen and oxygen atoms in total. The van der Waals surface area contributed by atoms with Gasteiger partial charge in [-0.25, -0.2) is 9.59 Å². The van der Waals surface area contributed by atoms with Crippen LogP contribution in [0.2, 0.25) is 0 Å². The molecule has 2 aliphatic rings. The highest BCUT2D eigenvalue weighted by atomic mass is 127. The van der Waals surface area contributed by atoms with E-state index in [0.29, 0.717) is 37.7 Å². The quantitative estimate of drug-likeness (QED) is 0.276. The first-order valence-electron chi connectivity index (χ1n) is 8.71. The van der Waals surface area contributed by atoms with Gasteiger partial charge < -0.3 is 28.8 Å². The summed E-state index contributed by atoms with van der Waals surface area (Å²) in [4.78, 5) is 24.5. The minimum atomic E-state index is -1.28. The number of methoxy groups -OCH3 is 1. The van der Waals surface area contributed by atoms with Crippen molar-refractivity contribution in [3.8, 4) is 23.0 Å². The third kappa shape index (κ3) is 3.80. The van der Waals surface area contributed by atoms with Gasteiger partial charge in [0, 0.05) is 0 Å². The fourth-order valence-electron chi connectivity index (χ4n) is 3.00. The van der Waals surface area contributed by atoms with Crippen molar-refractivity contribution in [1.82, 2.24) is 0 Å². The highest BCUT2D eigenvalue weighted by Gasteiger charge is 2.24. The van der Waals surface area contributed by atoms with Gasteiger partial charge in [-0.1, -0.05) is 6.07 Å². The Morgan fingerprint density at radius 3 is 2.43 bits per heavy atom. The molecular weight excluding hydrogens is 507 g/mol. The molecule has 30 heavy (non-hydrogen) atoms. The molecule has 9 heteroatoms. The molecule has 0 bridgehead atoms. The van der Waals surface area contributed by atoms with E-state index in [9.17, 15) is 14.7 Å². The lowest BCUT2D eigenvalue weighted by Crippen LogP contribution is -2.13. The fourth-order valence-corrected chi connectivity index (χ4v) is 3.76. The molecule has 1 N–H and O–H groups in total. The molecular formula is C21H15IO8. The van der Waals surface area contributed by atoms with Crippen LogP contribution in [0.15, 0.2) is 41.5 Å². The van der Waals surface area contributed by atoms with Crippen molar-refractivity contribution in [3.05, 3.63) is 56.2 Å². The number of ether oxygens (including phenoxy) is 5. The molecule has 154 valence electrons. The van der Waals surface area contributed by atoms with Crippen LogP contribution in [-0.4, -0.2) is 37.7 Å². The van der Waals surface area contributed by atoms with Crippen LogP contribution >= 0.6 is 22.6 Å². The number of carboxylic acids is 1. The maximum Gasteiger partial charge on any atom is 0.338 e. The SMILES string of the molecule is COC(=O)C(=C/c1ccc2c(c1)OCO2)/C(=C\c1ccc2c(c1I)OCO2)C(=O)O. The second-order valence-electron chi connectivity index (χ2n) is 6.23. The molecule has 0 atom stereocenters. The van der Waals surface area contributed by atoms with Crippen molar-refractivity contribution in [2.45, 2.75) is 0 Å². The second-order valence-corrected chi connectivity index (χ2v) is 7.31. The molecule has 0 saturated heterocycles. The monoisotopic (exact) mass is 522 g/mol. The number of hydrogen-bond acceptors (Lipinski definition) is 7. The van der Waals surface area contributed by atoms with Crippen molar-refractivity contribution < 1.29 is 38.4 Å². The van der Waals surface area contributed by atoms with E-state index in [1.807, 2.05) is 22.6 Å². The lowest BCUT2D eigenvalue weighted by Gasteiger charge is -2.09. The molecule has 0 aliphatic carbocycles. The minimum absolute atomic E-state index is 0.0989. The molecule has 0 spiro atoms. The van der Waals surface area contributed by atoms with Gasteiger partial charge in [0.05, 0.1) is 21.8 Å². The van der Waals surface area contributed by atoms with Crippen LogP contribution in [-0.2, 0) is 14.3 Å². The van der Waals surface area contributed by atoms with Gasteiger partial charge in [0.15, 0.2) is 23.0 Å². The van der Waals surface area contributed by atoms with Gasteiger partial charge in [-0.2, -0.15) is 0 Å². The zero-order valence-corrected chi connectivity index (χ0v) is 17.8. The van der Waals surface area contributed by atoms with E-state index in [0.717, 1.165) is 0 Å². The van der Waals surface area contributed by atoms with E-state index < -0.39 is 11.9 Å². The average molecular weight is 522 g/mol. The highest BCUT2D eigenvalue weighted by Crippen LogP contribution is 2.39. The summed E-state index contributed by atoms with van der Waals surface area (Å²) >= 11 is 2.05. The van der Waals surface area contributed by atoms with Gasteiger partial charge in [0.1, 0.15) is 0 Å². The summed E-state index contributed by atoms with van der Waals surface area (Å²) in [5.41, 5.74) is 0.790. The topological polar surface area (TPSA) is 101 Å². The zero-order chi connectivity index (χ0) is 21.3. The number of carbonyl (C=O) groups excluding carboxylic acids is 1. The third-order valence-electron chi connectivity index (χ3n) is 4.44. The number of fused-ring (bicyclic) bond motifs is 2. The van der Waals surface area contributed by atoms with E-state index in [1.54, 1.807) is 30.3 Å². The van der Waals surface area contributed by atoms with E-state index in [2.05, 4.69) is 0 Å². The first-order chi connectivity index (χ1) is 14.5. The van der Waals surface area contributed by atoms with E-state index >= 15 is 0 Å². The second kappa shape index (κ2) is 8.27. The van der Waals surface area contributed by atoms with Crippen molar-refractivity contribution in [2.24, 2.45) is 0 Å². The summed E-state index contributed by atoms with van der Waals surface area (Å²) in [6.07, 6.45) is 2.84. The van der Waals surface area contributed by atoms with Gasteiger partial charge >= 0.3 is 11.9 Å². The van der Waals surface area contributed by atoms with Gasteiger partial charge in [-0.3, -0.25) is 0 Å². The minimum Gasteiger partial charge on any atom is -0.478 e. The predicted molar refractivity (Wildman–Crippen MR) is 113 cm³/mol. The number of halogens is 1. The molecule has 0 saturated carbocycles. The van der Waals surface area contributed by atoms with Crippen molar-refractivity contribution >= 4 is 46.7 Å². The molecule has 0 unspecified atom stereocenters. The molecule has 4 rings (SSSR count). The van der Waals surface area contributed by atoms with Crippen LogP contribution in [0, 0.1) is 3.57 Å². The Bertz CT molecular complexity index is 1100. The predicted octanol–water partition coefficient (Wildman–Crippen LogP) is 3.47. The maximum absolute atomic E-state index is 12.5. The van der Waals surface area contributed by atoms with Crippen LogP contribution in [0.5, 0.6) is 23.0 Å². The van der Waals surface area contributed by atoms with E-state index in [1.165, 1.54) is 19.3 Å². The Labute approximate surface area is 184 Å². The molecule has 2 aromatic rings. The zero-order valence-electron chi connectivity index (χ0n) is 15.6. The first kappa shape index (κ1) is 20.1. The smallest absolute Gasteiger partial charge is 0.338 e. The summed E-state index contributed by atoms with van der Waals surface area (Å²) in [6.45, 7) is 0.205. The molecule has 2 aromatic carbocycles. The van der Waals surface area contributed by atoms with Crippen molar-refractivity contribution in [1.29, 1.82) is 0 Å². The Morgan fingerprint density at radius 1 is 0.967 bits per heavy atom. The number of carboxylic acid groups (broad SMARTS) is 1. The average Bonchev–Trinajstić information content (AvgIpc) is 3.40. The highest BCUT2D eigenvalue weighted by molar-refractivity contribution is 14.1. The van der Waals surface area contributed by atoms with Gasteiger partial charge in [-0.15, -0.1) is 0 Å². The van der Waals surface area contributed by atoms with Crippen LogP contribution in [0.4, 0.5) is 0 Å². The number of aliphatic carboxylic acids is 1. The third-order valence-corrected chi connectivity index (χ3v) is 5.55. The largest absolute Gasteiger partial charge is 0.478 e. The number of carbonyl (C=O) groups is 2. The fraction of sp³-hybridized carbons (Fsp3) is 0.143. The Morgan fingerprint density at radius 2 is 1.67 bits per heavy atom.